The van der Waals surface area contributed by atoms with Crippen molar-refractivity contribution in [1.82, 2.24) is 9.80 Å². The van der Waals surface area contributed by atoms with E-state index in [4.69, 9.17) is 4.74 Å². The first-order valence-electron chi connectivity index (χ1n) is 7.60. The Hall–Kier alpha value is -1.13. The van der Waals surface area contributed by atoms with E-state index in [9.17, 15) is 4.79 Å². The van der Waals surface area contributed by atoms with Gasteiger partial charge in [-0.3, -0.25) is 4.79 Å². The van der Waals surface area contributed by atoms with Crippen molar-refractivity contribution in [2.45, 2.75) is 31.7 Å². The molecule has 1 amide bonds. The summed E-state index contributed by atoms with van der Waals surface area (Å²) in [5.74, 6) is 0.0825. The van der Waals surface area contributed by atoms with E-state index in [1.165, 1.54) is 25.9 Å². The molecule has 0 aromatic carbocycles. The quantitative estimate of drug-likeness (QED) is 0.549. The summed E-state index contributed by atoms with van der Waals surface area (Å²) in [7, 11) is 1.64. The van der Waals surface area contributed by atoms with E-state index in [0.29, 0.717) is 18.2 Å². The number of hydrogen-bond acceptors (Lipinski definition) is 3. The van der Waals surface area contributed by atoms with Gasteiger partial charge < -0.3 is 14.5 Å². The molecule has 20 heavy (non-hydrogen) atoms. The number of methoxy groups -OCH3 is 1. The van der Waals surface area contributed by atoms with E-state index in [2.05, 4.69) is 11.5 Å². The zero-order chi connectivity index (χ0) is 14.4. The highest BCUT2D eigenvalue weighted by Crippen LogP contribution is 2.22. The lowest BCUT2D eigenvalue weighted by Crippen LogP contribution is -2.42. The number of ether oxygens (including phenoxy) is 1. The summed E-state index contributed by atoms with van der Waals surface area (Å²) < 4.78 is 4.95. The van der Waals surface area contributed by atoms with Gasteiger partial charge >= 0.3 is 0 Å². The van der Waals surface area contributed by atoms with Crippen LogP contribution in [0.5, 0.6) is 0 Å². The maximum atomic E-state index is 12.4. The molecule has 2 aliphatic rings. The Labute approximate surface area is 122 Å². The summed E-state index contributed by atoms with van der Waals surface area (Å²) in [5, 5.41) is 0. The Morgan fingerprint density at radius 3 is 2.75 bits per heavy atom. The zero-order valence-corrected chi connectivity index (χ0v) is 12.5. The molecule has 0 radical (unpaired) electrons. The van der Waals surface area contributed by atoms with Crippen molar-refractivity contribution in [1.29, 1.82) is 0 Å². The predicted octanol–water partition coefficient (Wildman–Crippen LogP) is 1.83. The van der Waals surface area contributed by atoms with E-state index in [1.807, 2.05) is 11.0 Å². The molecule has 1 unspecified atom stereocenters. The van der Waals surface area contributed by atoms with Gasteiger partial charge in [-0.25, -0.2) is 0 Å². The van der Waals surface area contributed by atoms with Gasteiger partial charge in [0.05, 0.1) is 6.61 Å². The molecule has 2 heterocycles. The number of amides is 1. The Balaban J connectivity index is 1.88. The van der Waals surface area contributed by atoms with E-state index in [0.717, 1.165) is 25.9 Å². The molecule has 0 aromatic heterocycles. The number of rotatable bonds is 6. The Kier molecular flexibility index (Phi) is 5.80. The number of carbonyl (C=O) groups is 1. The van der Waals surface area contributed by atoms with Gasteiger partial charge in [-0.1, -0.05) is 18.7 Å². The second kappa shape index (κ2) is 7.60. The highest BCUT2D eigenvalue weighted by molar-refractivity contribution is 5.95. The monoisotopic (exact) mass is 278 g/mol. The van der Waals surface area contributed by atoms with Crippen LogP contribution in [-0.2, 0) is 9.53 Å². The lowest BCUT2D eigenvalue weighted by Gasteiger charge is -2.28. The van der Waals surface area contributed by atoms with Crippen molar-refractivity contribution in [2.24, 2.45) is 0 Å². The maximum absolute atomic E-state index is 12.4. The normalized spacial score (nSPS) is 23.9. The summed E-state index contributed by atoms with van der Waals surface area (Å²) in [6.07, 6.45) is 8.44. The minimum Gasteiger partial charge on any atom is -0.381 e. The predicted molar refractivity (Wildman–Crippen MR) is 80.6 cm³/mol. The molecule has 0 saturated carbocycles. The highest BCUT2D eigenvalue weighted by Gasteiger charge is 2.31. The van der Waals surface area contributed by atoms with Crippen LogP contribution >= 0.6 is 0 Å². The molecule has 0 aromatic rings. The van der Waals surface area contributed by atoms with E-state index >= 15 is 0 Å². The largest absolute Gasteiger partial charge is 0.381 e. The molecule has 2 rings (SSSR count). The van der Waals surface area contributed by atoms with Crippen molar-refractivity contribution in [3.05, 3.63) is 24.3 Å². The fourth-order valence-corrected chi connectivity index (χ4v) is 3.10. The topological polar surface area (TPSA) is 32.8 Å². The second-order valence-corrected chi connectivity index (χ2v) is 5.69. The van der Waals surface area contributed by atoms with Crippen LogP contribution in [0.1, 0.15) is 25.7 Å². The number of hydrogen-bond donors (Lipinski definition) is 0. The number of likely N-dealkylation sites (tertiary alicyclic amines) is 2. The summed E-state index contributed by atoms with van der Waals surface area (Å²) in [6, 6.07) is 0.369. The number of nitrogens with zero attached hydrogens (tertiary/aromatic N) is 2. The average Bonchev–Trinajstić information content (AvgIpc) is 3.10. The van der Waals surface area contributed by atoms with Gasteiger partial charge in [-0.05, 0) is 38.8 Å². The Bertz CT molecular complexity index is 373. The highest BCUT2D eigenvalue weighted by atomic mass is 16.5. The summed E-state index contributed by atoms with van der Waals surface area (Å²) >= 11 is 0. The van der Waals surface area contributed by atoms with Gasteiger partial charge in [0.1, 0.15) is 0 Å². The Morgan fingerprint density at radius 2 is 2.05 bits per heavy atom. The molecule has 0 N–H and O–H groups in total. The van der Waals surface area contributed by atoms with Crippen LogP contribution < -0.4 is 0 Å². The lowest BCUT2D eigenvalue weighted by atomic mass is 10.2. The van der Waals surface area contributed by atoms with Crippen molar-refractivity contribution in [3.8, 4) is 0 Å². The van der Waals surface area contributed by atoms with Crippen LogP contribution in [0, 0.1) is 0 Å². The molecular weight excluding hydrogens is 252 g/mol. The van der Waals surface area contributed by atoms with Crippen molar-refractivity contribution < 1.29 is 9.53 Å². The van der Waals surface area contributed by atoms with Gasteiger partial charge in [-0.15, -0.1) is 0 Å². The standard InChI is InChI=1S/C16H26N2O2/c1-14(7-6-12-20-2)16(19)18-11-5-8-15(18)13-17-9-3-4-10-17/h6-7,15H,1,3-5,8-13H2,2H3. The van der Waals surface area contributed by atoms with E-state index < -0.39 is 0 Å². The van der Waals surface area contributed by atoms with E-state index in [-0.39, 0.29) is 5.91 Å². The van der Waals surface area contributed by atoms with Crippen LogP contribution in [0.2, 0.25) is 0 Å². The van der Waals surface area contributed by atoms with Crippen LogP contribution in [0.15, 0.2) is 24.3 Å². The average molecular weight is 278 g/mol. The molecule has 2 saturated heterocycles. The molecule has 2 fully saturated rings. The van der Waals surface area contributed by atoms with Crippen LogP contribution in [0.25, 0.3) is 0 Å². The smallest absolute Gasteiger partial charge is 0.253 e. The van der Waals surface area contributed by atoms with E-state index in [1.54, 1.807) is 13.2 Å². The fourth-order valence-electron chi connectivity index (χ4n) is 3.10. The molecule has 1 atom stereocenters. The maximum Gasteiger partial charge on any atom is 0.253 e. The molecule has 4 heteroatoms. The molecule has 0 bridgehead atoms. The van der Waals surface area contributed by atoms with Gasteiger partial charge in [0.2, 0.25) is 0 Å². The van der Waals surface area contributed by atoms with Crippen molar-refractivity contribution in [2.75, 3.05) is 39.9 Å². The van der Waals surface area contributed by atoms with Crippen LogP contribution in [0.3, 0.4) is 0 Å². The first-order chi connectivity index (χ1) is 9.72. The molecular formula is C16H26N2O2. The SMILES string of the molecule is C=C(C=CCOC)C(=O)N1CCCC1CN1CCCC1. The summed E-state index contributed by atoms with van der Waals surface area (Å²) in [6.45, 7) is 8.68. The first-order valence-corrected chi connectivity index (χ1v) is 7.60. The number of carbonyl (C=O) groups excluding carboxylic acids is 1. The van der Waals surface area contributed by atoms with Crippen molar-refractivity contribution in [3.63, 3.8) is 0 Å². The van der Waals surface area contributed by atoms with Gasteiger partial charge in [0, 0.05) is 31.8 Å². The van der Waals surface area contributed by atoms with Crippen LogP contribution in [-0.4, -0.2) is 61.6 Å². The summed E-state index contributed by atoms with van der Waals surface area (Å²) in [4.78, 5) is 16.9. The molecule has 0 aliphatic carbocycles. The third-order valence-corrected chi connectivity index (χ3v) is 4.16. The third-order valence-electron chi connectivity index (χ3n) is 4.16. The van der Waals surface area contributed by atoms with Gasteiger partial charge in [-0.2, -0.15) is 0 Å². The fraction of sp³-hybridized carbons (Fsp3) is 0.688. The Morgan fingerprint density at radius 1 is 1.30 bits per heavy atom. The van der Waals surface area contributed by atoms with Crippen LogP contribution in [0.4, 0.5) is 0 Å². The second-order valence-electron chi connectivity index (χ2n) is 5.69. The first kappa shape index (κ1) is 15.3. The molecule has 112 valence electrons. The zero-order valence-electron chi connectivity index (χ0n) is 12.5. The van der Waals surface area contributed by atoms with Gasteiger partial charge in [0.15, 0.2) is 0 Å². The third kappa shape index (κ3) is 3.93. The molecule has 2 aliphatic heterocycles. The molecule has 4 nitrogen and oxygen atoms in total. The lowest BCUT2D eigenvalue weighted by molar-refractivity contribution is -0.127. The van der Waals surface area contributed by atoms with Crippen molar-refractivity contribution >= 4 is 5.91 Å². The minimum atomic E-state index is 0.0825. The van der Waals surface area contributed by atoms with Gasteiger partial charge in [0.25, 0.3) is 5.91 Å². The summed E-state index contributed by atoms with van der Waals surface area (Å²) in [5.41, 5.74) is 0.565. The molecule has 0 spiro atoms. The minimum absolute atomic E-state index is 0.0825.